The van der Waals surface area contributed by atoms with Gasteiger partial charge in [0, 0.05) is 6.54 Å². The molecule has 1 heteroatoms. The van der Waals surface area contributed by atoms with E-state index in [0.29, 0.717) is 6.54 Å². The zero-order valence-corrected chi connectivity index (χ0v) is 7.80. The number of rotatable bonds is 4. The summed E-state index contributed by atoms with van der Waals surface area (Å²) in [6.45, 7) is 7.15. The van der Waals surface area contributed by atoms with E-state index < -0.39 is 0 Å². The summed E-state index contributed by atoms with van der Waals surface area (Å²) in [6.07, 6.45) is 7.40. The maximum absolute atomic E-state index is 5.35. The number of allylic oxidation sites excluding steroid dienone is 3. The lowest BCUT2D eigenvalue weighted by atomic mass is 10.0. The van der Waals surface area contributed by atoms with E-state index in [1.807, 2.05) is 6.08 Å². The molecular formula is C10H19N. The summed E-state index contributed by atoms with van der Waals surface area (Å²) in [4.78, 5) is 0. The van der Waals surface area contributed by atoms with Gasteiger partial charge in [-0.3, -0.25) is 0 Å². The van der Waals surface area contributed by atoms with Crippen LogP contribution >= 0.6 is 0 Å². The van der Waals surface area contributed by atoms with Gasteiger partial charge in [-0.05, 0) is 19.3 Å². The van der Waals surface area contributed by atoms with Crippen LogP contribution in [0.15, 0.2) is 23.8 Å². The van der Waals surface area contributed by atoms with E-state index in [1.54, 1.807) is 0 Å². The molecule has 0 fully saturated rings. The molecule has 2 N–H and O–H groups in total. The van der Waals surface area contributed by atoms with Crippen molar-refractivity contribution in [2.24, 2.45) is 11.7 Å². The Labute approximate surface area is 70.0 Å². The van der Waals surface area contributed by atoms with Gasteiger partial charge in [0.2, 0.25) is 0 Å². The molecule has 0 aliphatic rings. The highest BCUT2D eigenvalue weighted by atomic mass is 14.5. The van der Waals surface area contributed by atoms with Crippen molar-refractivity contribution >= 4 is 0 Å². The van der Waals surface area contributed by atoms with E-state index >= 15 is 0 Å². The number of hydrogen-bond acceptors (Lipinski definition) is 1. The van der Waals surface area contributed by atoms with Crippen LogP contribution in [0.1, 0.15) is 27.2 Å². The SMILES string of the molecule is C/C=C(\C=C/CN)CC(C)C. The van der Waals surface area contributed by atoms with Crippen molar-refractivity contribution in [2.45, 2.75) is 27.2 Å². The largest absolute Gasteiger partial charge is 0.327 e. The number of hydrogen-bond donors (Lipinski definition) is 1. The highest BCUT2D eigenvalue weighted by molar-refractivity contribution is 5.18. The standard InChI is InChI=1S/C10H19N/c1-4-10(6-5-7-11)8-9(2)3/h4-6,9H,7-8,11H2,1-3H3/b6-5-,10-4+. The summed E-state index contributed by atoms with van der Waals surface area (Å²) in [5.74, 6) is 0.726. The second-order valence-electron chi connectivity index (χ2n) is 3.10. The minimum absolute atomic E-state index is 0.634. The molecule has 0 atom stereocenters. The molecule has 0 heterocycles. The van der Waals surface area contributed by atoms with E-state index in [0.717, 1.165) is 12.3 Å². The molecule has 0 amide bonds. The fourth-order valence-corrected chi connectivity index (χ4v) is 0.973. The van der Waals surface area contributed by atoms with Gasteiger partial charge in [0.15, 0.2) is 0 Å². The maximum Gasteiger partial charge on any atom is 0.0110 e. The predicted molar refractivity (Wildman–Crippen MR) is 51.4 cm³/mol. The second-order valence-corrected chi connectivity index (χ2v) is 3.10. The molecule has 0 aromatic carbocycles. The van der Waals surface area contributed by atoms with Gasteiger partial charge in [-0.2, -0.15) is 0 Å². The van der Waals surface area contributed by atoms with Crippen molar-refractivity contribution in [3.05, 3.63) is 23.8 Å². The molecule has 0 unspecified atom stereocenters. The normalized spacial score (nSPS) is 13.4. The molecule has 11 heavy (non-hydrogen) atoms. The fourth-order valence-electron chi connectivity index (χ4n) is 0.973. The Kier molecular flexibility index (Phi) is 5.86. The third-order valence-corrected chi connectivity index (χ3v) is 1.48. The van der Waals surface area contributed by atoms with E-state index in [9.17, 15) is 0 Å². The summed E-state index contributed by atoms with van der Waals surface area (Å²) >= 11 is 0. The highest BCUT2D eigenvalue weighted by Gasteiger charge is 1.95. The van der Waals surface area contributed by atoms with Gasteiger partial charge in [-0.1, -0.05) is 37.6 Å². The maximum atomic E-state index is 5.35. The van der Waals surface area contributed by atoms with E-state index in [2.05, 4.69) is 32.9 Å². The molecule has 0 spiro atoms. The molecule has 64 valence electrons. The Balaban J connectivity index is 3.88. The first-order valence-electron chi connectivity index (χ1n) is 4.22. The predicted octanol–water partition coefficient (Wildman–Crippen LogP) is 2.49. The zero-order valence-electron chi connectivity index (χ0n) is 7.80. The molecule has 0 aromatic rings. The van der Waals surface area contributed by atoms with E-state index in [-0.39, 0.29) is 0 Å². The first-order chi connectivity index (χ1) is 5.20. The molecule has 0 aromatic heterocycles. The first-order valence-corrected chi connectivity index (χ1v) is 4.22. The zero-order chi connectivity index (χ0) is 8.69. The quantitative estimate of drug-likeness (QED) is 0.617. The van der Waals surface area contributed by atoms with Crippen LogP contribution in [0.2, 0.25) is 0 Å². The molecule has 0 aliphatic heterocycles. The van der Waals surface area contributed by atoms with E-state index in [1.165, 1.54) is 5.57 Å². The van der Waals surface area contributed by atoms with Crippen LogP contribution in [0.25, 0.3) is 0 Å². The van der Waals surface area contributed by atoms with Crippen LogP contribution in [0, 0.1) is 5.92 Å². The Morgan fingerprint density at radius 2 is 2.09 bits per heavy atom. The van der Waals surface area contributed by atoms with Crippen molar-refractivity contribution in [1.82, 2.24) is 0 Å². The molecule has 0 saturated heterocycles. The molecular weight excluding hydrogens is 134 g/mol. The van der Waals surface area contributed by atoms with Gasteiger partial charge in [0.1, 0.15) is 0 Å². The van der Waals surface area contributed by atoms with Crippen molar-refractivity contribution in [2.75, 3.05) is 6.54 Å². The summed E-state index contributed by atoms with van der Waals surface area (Å²) in [5, 5.41) is 0. The van der Waals surface area contributed by atoms with Crippen molar-refractivity contribution in [3.8, 4) is 0 Å². The first kappa shape index (κ1) is 10.4. The van der Waals surface area contributed by atoms with Gasteiger partial charge in [0.05, 0.1) is 0 Å². The minimum Gasteiger partial charge on any atom is -0.327 e. The van der Waals surface area contributed by atoms with Gasteiger partial charge < -0.3 is 5.73 Å². The smallest absolute Gasteiger partial charge is 0.0110 e. The van der Waals surface area contributed by atoms with Crippen LogP contribution in [-0.4, -0.2) is 6.54 Å². The third kappa shape index (κ3) is 5.86. The highest BCUT2D eigenvalue weighted by Crippen LogP contribution is 2.11. The lowest BCUT2D eigenvalue weighted by Gasteiger charge is -2.04. The molecule has 0 rings (SSSR count). The monoisotopic (exact) mass is 153 g/mol. The van der Waals surface area contributed by atoms with E-state index in [4.69, 9.17) is 5.73 Å². The van der Waals surface area contributed by atoms with Crippen LogP contribution in [0.4, 0.5) is 0 Å². The van der Waals surface area contributed by atoms with Gasteiger partial charge in [-0.25, -0.2) is 0 Å². The van der Waals surface area contributed by atoms with Gasteiger partial charge in [0.25, 0.3) is 0 Å². The lowest BCUT2D eigenvalue weighted by molar-refractivity contribution is 0.649. The summed E-state index contributed by atoms with van der Waals surface area (Å²) in [6, 6.07) is 0. The molecule has 1 nitrogen and oxygen atoms in total. The van der Waals surface area contributed by atoms with Crippen LogP contribution in [-0.2, 0) is 0 Å². The van der Waals surface area contributed by atoms with Crippen LogP contribution in [0.3, 0.4) is 0 Å². The topological polar surface area (TPSA) is 26.0 Å². The average molecular weight is 153 g/mol. The lowest BCUT2D eigenvalue weighted by Crippen LogP contribution is -1.94. The Morgan fingerprint density at radius 1 is 1.45 bits per heavy atom. The third-order valence-electron chi connectivity index (χ3n) is 1.48. The molecule has 0 radical (unpaired) electrons. The second kappa shape index (κ2) is 6.17. The average Bonchev–Trinajstić information content (AvgIpc) is 1.97. The molecule has 0 saturated carbocycles. The summed E-state index contributed by atoms with van der Waals surface area (Å²) in [7, 11) is 0. The fraction of sp³-hybridized carbons (Fsp3) is 0.600. The van der Waals surface area contributed by atoms with Crippen LogP contribution in [0.5, 0.6) is 0 Å². The summed E-state index contributed by atoms with van der Waals surface area (Å²) < 4.78 is 0. The summed E-state index contributed by atoms with van der Waals surface area (Å²) in [5.41, 5.74) is 6.73. The number of nitrogens with two attached hydrogens (primary N) is 1. The minimum atomic E-state index is 0.634. The Hall–Kier alpha value is -0.560. The molecule has 0 bridgehead atoms. The van der Waals surface area contributed by atoms with Crippen LogP contribution < -0.4 is 5.73 Å². The van der Waals surface area contributed by atoms with Crippen molar-refractivity contribution in [1.29, 1.82) is 0 Å². The Morgan fingerprint density at radius 3 is 2.45 bits per heavy atom. The molecule has 0 aliphatic carbocycles. The van der Waals surface area contributed by atoms with Crippen molar-refractivity contribution < 1.29 is 0 Å². The van der Waals surface area contributed by atoms with Gasteiger partial charge >= 0.3 is 0 Å². The van der Waals surface area contributed by atoms with Gasteiger partial charge in [-0.15, -0.1) is 0 Å². The Bertz CT molecular complexity index is 143. The van der Waals surface area contributed by atoms with Crippen molar-refractivity contribution in [3.63, 3.8) is 0 Å².